The predicted molar refractivity (Wildman–Crippen MR) is 68.7 cm³/mol. The van der Waals surface area contributed by atoms with Crippen molar-refractivity contribution in [3.05, 3.63) is 18.0 Å². The Labute approximate surface area is 99.4 Å². The van der Waals surface area contributed by atoms with Crippen LogP contribution in [0.2, 0.25) is 0 Å². The summed E-state index contributed by atoms with van der Waals surface area (Å²) in [5.74, 6) is 0.693. The van der Waals surface area contributed by atoms with Crippen molar-refractivity contribution in [2.75, 3.05) is 20.6 Å². The largest absolute Gasteiger partial charge is 0.308 e. The van der Waals surface area contributed by atoms with Gasteiger partial charge >= 0.3 is 0 Å². The van der Waals surface area contributed by atoms with Crippen molar-refractivity contribution < 1.29 is 0 Å². The molecular formula is C13H25N3. The van der Waals surface area contributed by atoms with Crippen molar-refractivity contribution in [2.45, 2.75) is 45.6 Å². The van der Waals surface area contributed by atoms with E-state index in [1.807, 2.05) is 6.20 Å². The monoisotopic (exact) mass is 223 g/mol. The van der Waals surface area contributed by atoms with Gasteiger partial charge in [0.2, 0.25) is 0 Å². The van der Waals surface area contributed by atoms with Crippen LogP contribution >= 0.6 is 0 Å². The lowest BCUT2D eigenvalue weighted by atomic mass is 9.95. The first-order chi connectivity index (χ1) is 7.67. The highest BCUT2D eigenvalue weighted by molar-refractivity contribution is 5.10. The molecule has 0 N–H and O–H groups in total. The molecule has 0 saturated heterocycles. The summed E-state index contributed by atoms with van der Waals surface area (Å²) in [6.45, 7) is 6.54. The number of likely N-dealkylation sites (N-methyl/N-ethyl adjacent to an activating group) is 1. The molecule has 3 nitrogen and oxygen atoms in total. The molecule has 1 atom stereocenters. The quantitative estimate of drug-likeness (QED) is 0.708. The fourth-order valence-electron chi connectivity index (χ4n) is 1.97. The van der Waals surface area contributed by atoms with Gasteiger partial charge in [-0.25, -0.2) is 0 Å². The van der Waals surface area contributed by atoms with Crippen LogP contribution in [0.15, 0.2) is 12.4 Å². The third-order valence-corrected chi connectivity index (χ3v) is 3.03. The summed E-state index contributed by atoms with van der Waals surface area (Å²) in [6, 6.07) is 0. The van der Waals surface area contributed by atoms with Gasteiger partial charge in [0.05, 0.1) is 12.7 Å². The number of nitrogens with zero attached hydrogens (tertiary/aromatic N) is 3. The Kier molecular flexibility index (Phi) is 5.53. The molecule has 1 aromatic rings. The van der Waals surface area contributed by atoms with E-state index in [0.29, 0.717) is 5.92 Å². The van der Waals surface area contributed by atoms with Gasteiger partial charge in [-0.1, -0.05) is 20.3 Å². The van der Waals surface area contributed by atoms with Crippen LogP contribution in [0.25, 0.3) is 0 Å². The van der Waals surface area contributed by atoms with E-state index in [9.17, 15) is 0 Å². The Balaban J connectivity index is 2.55. The number of aromatic nitrogens is 2. The topological polar surface area (TPSA) is 21.1 Å². The van der Waals surface area contributed by atoms with Crippen LogP contribution in [0.5, 0.6) is 0 Å². The van der Waals surface area contributed by atoms with Crippen molar-refractivity contribution in [3.8, 4) is 0 Å². The standard InChI is InChI=1S/C13H25N3/c1-5-7-12(6-2)13-10-14-16(11-13)9-8-15(3)4/h10-12H,5-9H2,1-4H3. The van der Waals surface area contributed by atoms with Crippen LogP contribution in [0.3, 0.4) is 0 Å². The van der Waals surface area contributed by atoms with Crippen molar-refractivity contribution >= 4 is 0 Å². The molecule has 1 aromatic heterocycles. The molecule has 0 spiro atoms. The minimum absolute atomic E-state index is 0.693. The van der Waals surface area contributed by atoms with Crippen LogP contribution in [0, 0.1) is 0 Å². The van der Waals surface area contributed by atoms with Crippen molar-refractivity contribution in [1.82, 2.24) is 14.7 Å². The first-order valence-electron chi connectivity index (χ1n) is 6.34. The van der Waals surface area contributed by atoms with Crippen molar-refractivity contribution in [1.29, 1.82) is 0 Å². The fourth-order valence-corrected chi connectivity index (χ4v) is 1.97. The summed E-state index contributed by atoms with van der Waals surface area (Å²) in [5.41, 5.74) is 1.41. The van der Waals surface area contributed by atoms with Gasteiger partial charge in [-0.3, -0.25) is 4.68 Å². The molecule has 0 bridgehead atoms. The third-order valence-electron chi connectivity index (χ3n) is 3.03. The molecule has 1 rings (SSSR count). The van der Waals surface area contributed by atoms with Crippen LogP contribution in [-0.2, 0) is 6.54 Å². The molecular weight excluding hydrogens is 198 g/mol. The smallest absolute Gasteiger partial charge is 0.0536 e. The van der Waals surface area contributed by atoms with Crippen LogP contribution in [0.1, 0.15) is 44.6 Å². The Morgan fingerprint density at radius 3 is 2.69 bits per heavy atom. The molecule has 92 valence electrons. The summed E-state index contributed by atoms with van der Waals surface area (Å²) >= 11 is 0. The van der Waals surface area contributed by atoms with Gasteiger partial charge in [0.15, 0.2) is 0 Å². The summed E-state index contributed by atoms with van der Waals surface area (Å²) in [6.07, 6.45) is 8.00. The first-order valence-corrected chi connectivity index (χ1v) is 6.34. The van der Waals surface area contributed by atoms with E-state index < -0.39 is 0 Å². The average molecular weight is 223 g/mol. The zero-order valence-electron chi connectivity index (χ0n) is 11.1. The molecule has 0 aliphatic rings. The number of hydrogen-bond donors (Lipinski definition) is 0. The predicted octanol–water partition coefficient (Wildman–Crippen LogP) is 2.74. The Bertz CT molecular complexity index is 291. The van der Waals surface area contributed by atoms with Gasteiger partial charge < -0.3 is 4.90 Å². The summed E-state index contributed by atoms with van der Waals surface area (Å²) in [5, 5.41) is 4.43. The maximum absolute atomic E-state index is 4.43. The molecule has 0 fully saturated rings. The van der Waals surface area contributed by atoms with Crippen molar-refractivity contribution in [3.63, 3.8) is 0 Å². The lowest BCUT2D eigenvalue weighted by molar-refractivity contribution is 0.373. The van der Waals surface area contributed by atoms with E-state index in [4.69, 9.17) is 0 Å². The highest BCUT2D eigenvalue weighted by Gasteiger charge is 2.10. The summed E-state index contributed by atoms with van der Waals surface area (Å²) in [4.78, 5) is 2.19. The van der Waals surface area contributed by atoms with Gasteiger partial charge in [-0.2, -0.15) is 5.10 Å². The molecule has 0 saturated carbocycles. The normalized spacial score (nSPS) is 13.3. The van der Waals surface area contributed by atoms with E-state index in [0.717, 1.165) is 13.1 Å². The SMILES string of the molecule is CCCC(CC)c1cnn(CCN(C)C)c1. The van der Waals surface area contributed by atoms with Gasteiger partial charge in [-0.05, 0) is 38.4 Å². The van der Waals surface area contributed by atoms with E-state index in [-0.39, 0.29) is 0 Å². The maximum atomic E-state index is 4.43. The highest BCUT2D eigenvalue weighted by atomic mass is 15.3. The molecule has 0 amide bonds. The van der Waals surface area contributed by atoms with E-state index >= 15 is 0 Å². The van der Waals surface area contributed by atoms with Crippen LogP contribution in [-0.4, -0.2) is 35.3 Å². The first kappa shape index (κ1) is 13.2. The molecule has 1 heterocycles. The summed E-state index contributed by atoms with van der Waals surface area (Å²) in [7, 11) is 4.19. The van der Waals surface area contributed by atoms with Crippen LogP contribution in [0.4, 0.5) is 0 Å². The lowest BCUT2D eigenvalue weighted by Crippen LogP contribution is -2.18. The number of rotatable bonds is 7. The second-order valence-electron chi connectivity index (χ2n) is 4.73. The number of hydrogen-bond acceptors (Lipinski definition) is 2. The second kappa shape index (κ2) is 6.69. The fraction of sp³-hybridized carbons (Fsp3) is 0.769. The van der Waals surface area contributed by atoms with Crippen LogP contribution < -0.4 is 0 Å². The Morgan fingerprint density at radius 2 is 2.12 bits per heavy atom. The van der Waals surface area contributed by atoms with Crippen molar-refractivity contribution in [2.24, 2.45) is 0 Å². The Hall–Kier alpha value is -0.830. The molecule has 0 aliphatic carbocycles. The molecule has 1 unspecified atom stereocenters. The van der Waals surface area contributed by atoms with E-state index in [2.05, 4.69) is 48.8 Å². The molecule has 3 heteroatoms. The lowest BCUT2D eigenvalue weighted by Gasteiger charge is -2.11. The Morgan fingerprint density at radius 1 is 1.38 bits per heavy atom. The zero-order valence-corrected chi connectivity index (χ0v) is 11.1. The molecule has 0 aromatic carbocycles. The molecule has 0 aliphatic heterocycles. The minimum Gasteiger partial charge on any atom is -0.308 e. The van der Waals surface area contributed by atoms with E-state index in [1.54, 1.807) is 0 Å². The summed E-state index contributed by atoms with van der Waals surface area (Å²) < 4.78 is 2.06. The second-order valence-corrected chi connectivity index (χ2v) is 4.73. The average Bonchev–Trinajstić information content (AvgIpc) is 2.71. The highest BCUT2D eigenvalue weighted by Crippen LogP contribution is 2.23. The molecule has 0 radical (unpaired) electrons. The third kappa shape index (κ3) is 3.97. The minimum atomic E-state index is 0.693. The maximum Gasteiger partial charge on any atom is 0.0536 e. The van der Waals surface area contributed by atoms with Gasteiger partial charge in [0.1, 0.15) is 0 Å². The van der Waals surface area contributed by atoms with Gasteiger partial charge in [0.25, 0.3) is 0 Å². The zero-order chi connectivity index (χ0) is 12.0. The van der Waals surface area contributed by atoms with E-state index in [1.165, 1.54) is 24.8 Å². The molecule has 16 heavy (non-hydrogen) atoms. The van der Waals surface area contributed by atoms with Gasteiger partial charge in [0, 0.05) is 12.7 Å². The van der Waals surface area contributed by atoms with Gasteiger partial charge in [-0.15, -0.1) is 0 Å².